The summed E-state index contributed by atoms with van der Waals surface area (Å²) in [4.78, 5) is 26.0. The van der Waals surface area contributed by atoms with Gasteiger partial charge in [-0.2, -0.15) is 0 Å². The summed E-state index contributed by atoms with van der Waals surface area (Å²) in [5.74, 6) is 1.07. The zero-order valence-electron chi connectivity index (χ0n) is 11.1. The van der Waals surface area contributed by atoms with Crippen molar-refractivity contribution in [2.45, 2.75) is 6.92 Å². The molecule has 0 aromatic carbocycles. The molecule has 0 spiro atoms. The number of thioether (sulfide) groups is 1. The summed E-state index contributed by atoms with van der Waals surface area (Å²) in [6, 6.07) is 0. The van der Waals surface area contributed by atoms with Crippen LogP contribution < -0.4 is 0 Å². The molecule has 3 rings (SSSR count). The lowest BCUT2D eigenvalue weighted by atomic mass is 10.2. The van der Waals surface area contributed by atoms with Crippen LogP contribution in [-0.4, -0.2) is 64.3 Å². The molecule has 0 aliphatic carbocycles. The van der Waals surface area contributed by atoms with Crippen LogP contribution in [0.4, 0.5) is 0 Å². The van der Waals surface area contributed by atoms with Gasteiger partial charge in [0.15, 0.2) is 9.63 Å². The highest BCUT2D eigenvalue weighted by Crippen LogP contribution is 2.24. The molecule has 1 amide bonds. The largest absolute Gasteiger partial charge is 0.348 e. The summed E-state index contributed by atoms with van der Waals surface area (Å²) in [5, 5.41) is 1.13. The summed E-state index contributed by atoms with van der Waals surface area (Å²) < 4.78 is 0.432. The first-order valence-electron chi connectivity index (χ1n) is 6.49. The van der Waals surface area contributed by atoms with Crippen molar-refractivity contribution in [3.8, 4) is 0 Å². The predicted octanol–water partition coefficient (Wildman–Crippen LogP) is 1.97. The third kappa shape index (κ3) is 2.80. The molecular formula is C12H15ClN4OS2. The molecule has 1 aromatic heterocycles. The maximum atomic E-state index is 12.4. The molecule has 3 heterocycles. The SMILES string of the molecule is Cc1sc(Cl)nc1C(=O)N1CCN(C2=NCCS2)CC1. The van der Waals surface area contributed by atoms with Crippen LogP contribution in [0.5, 0.6) is 0 Å². The number of piperazine rings is 1. The molecule has 0 N–H and O–H groups in total. The van der Waals surface area contributed by atoms with Gasteiger partial charge < -0.3 is 9.80 Å². The van der Waals surface area contributed by atoms with Gasteiger partial charge in [-0.05, 0) is 6.92 Å². The Balaban J connectivity index is 1.63. The molecule has 1 fully saturated rings. The number of aromatic nitrogens is 1. The van der Waals surface area contributed by atoms with Gasteiger partial charge in [0.05, 0.1) is 6.54 Å². The lowest BCUT2D eigenvalue weighted by Gasteiger charge is -2.35. The molecule has 1 aromatic rings. The number of carbonyl (C=O) groups excluding carboxylic acids is 1. The predicted molar refractivity (Wildman–Crippen MR) is 84.1 cm³/mol. The van der Waals surface area contributed by atoms with Gasteiger partial charge in [0.1, 0.15) is 5.69 Å². The highest BCUT2D eigenvalue weighted by Gasteiger charge is 2.27. The second kappa shape index (κ2) is 5.91. The van der Waals surface area contributed by atoms with Gasteiger partial charge >= 0.3 is 0 Å². The molecule has 0 unspecified atom stereocenters. The summed E-state index contributed by atoms with van der Waals surface area (Å²) >= 11 is 9.03. The highest BCUT2D eigenvalue weighted by atomic mass is 35.5. The maximum Gasteiger partial charge on any atom is 0.273 e. The first kappa shape index (κ1) is 14.2. The first-order chi connectivity index (χ1) is 9.65. The molecule has 0 radical (unpaired) electrons. The van der Waals surface area contributed by atoms with Gasteiger partial charge in [0.25, 0.3) is 5.91 Å². The highest BCUT2D eigenvalue weighted by molar-refractivity contribution is 8.14. The van der Waals surface area contributed by atoms with Gasteiger partial charge in [-0.3, -0.25) is 9.79 Å². The van der Waals surface area contributed by atoms with Crippen LogP contribution in [-0.2, 0) is 0 Å². The van der Waals surface area contributed by atoms with Gasteiger partial charge in [-0.25, -0.2) is 4.98 Å². The molecule has 0 saturated carbocycles. The smallest absolute Gasteiger partial charge is 0.273 e. The Morgan fingerprint density at radius 3 is 2.60 bits per heavy atom. The minimum atomic E-state index is -0.00804. The maximum absolute atomic E-state index is 12.4. The summed E-state index contributed by atoms with van der Waals surface area (Å²) in [7, 11) is 0. The topological polar surface area (TPSA) is 48.8 Å². The van der Waals surface area contributed by atoms with E-state index in [1.54, 1.807) is 11.8 Å². The van der Waals surface area contributed by atoms with Crippen LogP contribution in [0.25, 0.3) is 0 Å². The van der Waals surface area contributed by atoms with E-state index in [0.717, 1.165) is 35.4 Å². The molecule has 20 heavy (non-hydrogen) atoms. The van der Waals surface area contributed by atoms with E-state index in [-0.39, 0.29) is 5.91 Å². The van der Waals surface area contributed by atoms with E-state index >= 15 is 0 Å². The molecule has 0 atom stereocenters. The van der Waals surface area contributed by atoms with Crippen molar-refractivity contribution in [3.63, 3.8) is 0 Å². The van der Waals surface area contributed by atoms with E-state index in [1.165, 1.54) is 11.3 Å². The van der Waals surface area contributed by atoms with Crippen molar-refractivity contribution in [2.75, 3.05) is 38.5 Å². The van der Waals surface area contributed by atoms with E-state index in [4.69, 9.17) is 11.6 Å². The number of thiazole rings is 1. The second-order valence-electron chi connectivity index (χ2n) is 4.66. The fourth-order valence-corrected chi connectivity index (χ4v) is 4.29. The molecule has 0 bridgehead atoms. The minimum absolute atomic E-state index is 0.00804. The van der Waals surface area contributed by atoms with E-state index in [9.17, 15) is 4.79 Å². The van der Waals surface area contributed by atoms with E-state index in [1.807, 2.05) is 11.8 Å². The number of rotatable bonds is 1. The fraction of sp³-hybridized carbons (Fsp3) is 0.583. The summed E-state index contributed by atoms with van der Waals surface area (Å²) in [6.07, 6.45) is 0. The minimum Gasteiger partial charge on any atom is -0.348 e. The second-order valence-corrected chi connectivity index (χ2v) is 7.51. The van der Waals surface area contributed by atoms with Crippen LogP contribution in [0, 0.1) is 6.92 Å². The standard InChI is InChI=1S/C12H15ClN4OS2/c1-8-9(15-11(13)20-8)10(18)16-3-5-17(6-4-16)12-14-2-7-19-12/h2-7H2,1H3. The van der Waals surface area contributed by atoms with Gasteiger partial charge in [0, 0.05) is 36.8 Å². The summed E-state index contributed by atoms with van der Waals surface area (Å²) in [5.41, 5.74) is 0.501. The average molecular weight is 331 g/mol. The third-order valence-electron chi connectivity index (χ3n) is 3.38. The number of nitrogens with zero attached hydrogens (tertiary/aromatic N) is 4. The van der Waals surface area contributed by atoms with Gasteiger partial charge in [0.2, 0.25) is 0 Å². The van der Waals surface area contributed by atoms with Crippen LogP contribution in [0.1, 0.15) is 15.4 Å². The van der Waals surface area contributed by atoms with Crippen LogP contribution >= 0.6 is 34.7 Å². The molecule has 1 saturated heterocycles. The number of aryl methyl sites for hydroxylation is 1. The number of amides is 1. The van der Waals surface area contributed by atoms with Crippen molar-refractivity contribution in [1.82, 2.24) is 14.8 Å². The number of aliphatic imine (C=N–C) groups is 1. The van der Waals surface area contributed by atoms with Crippen LogP contribution in [0.2, 0.25) is 4.47 Å². The van der Waals surface area contributed by atoms with E-state index in [2.05, 4.69) is 14.9 Å². The quantitative estimate of drug-likeness (QED) is 0.790. The number of halogens is 1. The zero-order valence-corrected chi connectivity index (χ0v) is 13.5. The Kier molecular flexibility index (Phi) is 4.18. The Morgan fingerprint density at radius 1 is 1.30 bits per heavy atom. The summed E-state index contributed by atoms with van der Waals surface area (Å²) in [6.45, 7) is 5.91. The number of amidine groups is 1. The number of hydrogen-bond acceptors (Lipinski definition) is 6. The monoisotopic (exact) mass is 330 g/mol. The first-order valence-corrected chi connectivity index (χ1v) is 8.67. The number of carbonyl (C=O) groups is 1. The number of hydrogen-bond donors (Lipinski definition) is 0. The van der Waals surface area contributed by atoms with Crippen molar-refractivity contribution < 1.29 is 4.79 Å². The Morgan fingerprint density at radius 2 is 2.05 bits per heavy atom. The third-order valence-corrected chi connectivity index (χ3v) is 5.49. The average Bonchev–Trinajstić information content (AvgIpc) is 3.08. The van der Waals surface area contributed by atoms with E-state index in [0.29, 0.717) is 23.3 Å². The van der Waals surface area contributed by atoms with Gasteiger partial charge in [-0.1, -0.05) is 23.4 Å². The van der Waals surface area contributed by atoms with Crippen LogP contribution in [0.3, 0.4) is 0 Å². The zero-order chi connectivity index (χ0) is 14.1. The van der Waals surface area contributed by atoms with E-state index < -0.39 is 0 Å². The van der Waals surface area contributed by atoms with Crippen molar-refractivity contribution in [1.29, 1.82) is 0 Å². The van der Waals surface area contributed by atoms with Crippen LogP contribution in [0.15, 0.2) is 4.99 Å². The Hall–Kier alpha value is -0.790. The Labute approximate surface area is 131 Å². The van der Waals surface area contributed by atoms with Crippen molar-refractivity contribution in [3.05, 3.63) is 15.0 Å². The molecular weight excluding hydrogens is 316 g/mol. The molecule has 2 aliphatic rings. The molecule has 2 aliphatic heterocycles. The van der Waals surface area contributed by atoms with Crippen molar-refractivity contribution >= 4 is 45.8 Å². The lowest BCUT2D eigenvalue weighted by molar-refractivity contribution is 0.0688. The molecule has 5 nitrogen and oxygen atoms in total. The molecule has 8 heteroatoms. The fourth-order valence-electron chi connectivity index (χ4n) is 2.33. The Bertz CT molecular complexity index is 552. The van der Waals surface area contributed by atoms with Crippen molar-refractivity contribution in [2.24, 2.45) is 4.99 Å². The normalized spacial score (nSPS) is 19.4. The lowest BCUT2D eigenvalue weighted by Crippen LogP contribution is -2.50. The molecule has 108 valence electrons. The van der Waals surface area contributed by atoms with Gasteiger partial charge in [-0.15, -0.1) is 11.3 Å².